The van der Waals surface area contributed by atoms with Gasteiger partial charge in [-0.3, -0.25) is 5.10 Å². The van der Waals surface area contributed by atoms with Crippen LogP contribution in [0.1, 0.15) is 36.5 Å². The summed E-state index contributed by atoms with van der Waals surface area (Å²) in [7, 11) is 0. The molecule has 4 rings (SSSR count). The Bertz CT molecular complexity index is 1180. The Morgan fingerprint density at radius 1 is 0.897 bits per heavy atom. The van der Waals surface area contributed by atoms with Crippen LogP contribution in [0.2, 0.25) is 0 Å². The quantitative estimate of drug-likeness (QED) is 0.495. The number of benzene rings is 2. The van der Waals surface area contributed by atoms with Crippen molar-refractivity contribution in [3.63, 3.8) is 0 Å². The molecule has 0 bridgehead atoms. The maximum absolute atomic E-state index is 13.5. The number of hydrogen-bond acceptors (Lipinski definition) is 3. The van der Waals surface area contributed by atoms with Crippen LogP contribution in [0.3, 0.4) is 0 Å². The van der Waals surface area contributed by atoms with Crippen LogP contribution < -0.4 is 0 Å². The highest BCUT2D eigenvalue weighted by atomic mass is 19.1. The Labute approximate surface area is 169 Å². The standard InChI is InChI=1S/C24H23FN4/c1-15-13-19(25)11-12-20(15)17-7-5-8-18(14-17)24(3,4)22-10-6-9-21(27-22)23-26-16(2)28-29-23/h5-14H,1-4H3,(H,26,28,29). The fourth-order valence-electron chi connectivity index (χ4n) is 3.54. The third-order valence-corrected chi connectivity index (χ3v) is 5.30. The monoisotopic (exact) mass is 386 g/mol. The zero-order valence-corrected chi connectivity index (χ0v) is 17.0. The van der Waals surface area contributed by atoms with Gasteiger partial charge in [0.05, 0.1) is 5.69 Å². The molecule has 4 nitrogen and oxygen atoms in total. The van der Waals surface area contributed by atoms with Crippen LogP contribution in [-0.4, -0.2) is 20.2 Å². The summed E-state index contributed by atoms with van der Waals surface area (Å²) in [5, 5.41) is 7.09. The number of H-pyrrole nitrogens is 1. The molecule has 0 atom stereocenters. The van der Waals surface area contributed by atoms with Crippen LogP contribution in [0, 0.1) is 19.7 Å². The lowest BCUT2D eigenvalue weighted by atomic mass is 9.80. The van der Waals surface area contributed by atoms with Crippen LogP contribution in [-0.2, 0) is 5.41 Å². The maximum Gasteiger partial charge on any atom is 0.199 e. The van der Waals surface area contributed by atoms with Gasteiger partial charge in [-0.15, -0.1) is 0 Å². The Morgan fingerprint density at radius 2 is 1.69 bits per heavy atom. The van der Waals surface area contributed by atoms with Crippen molar-refractivity contribution < 1.29 is 4.39 Å². The Hall–Kier alpha value is -3.34. The number of rotatable bonds is 4. The molecule has 0 saturated carbocycles. The predicted molar refractivity (Wildman–Crippen MR) is 113 cm³/mol. The lowest BCUT2D eigenvalue weighted by Crippen LogP contribution is -2.21. The molecule has 0 aliphatic carbocycles. The summed E-state index contributed by atoms with van der Waals surface area (Å²) in [6.07, 6.45) is 0. The molecule has 0 unspecified atom stereocenters. The molecule has 0 fully saturated rings. The molecule has 0 radical (unpaired) electrons. The minimum atomic E-state index is -0.328. The van der Waals surface area contributed by atoms with E-state index in [9.17, 15) is 4.39 Å². The molecule has 0 saturated heterocycles. The van der Waals surface area contributed by atoms with Gasteiger partial charge in [0, 0.05) is 5.41 Å². The molecular weight excluding hydrogens is 363 g/mol. The number of nitrogens with one attached hydrogen (secondary N) is 1. The van der Waals surface area contributed by atoms with Gasteiger partial charge >= 0.3 is 0 Å². The van der Waals surface area contributed by atoms with E-state index in [-0.39, 0.29) is 11.2 Å². The first kappa shape index (κ1) is 19.0. The average molecular weight is 386 g/mol. The smallest absolute Gasteiger partial charge is 0.199 e. The van der Waals surface area contributed by atoms with Crippen molar-refractivity contribution in [2.24, 2.45) is 0 Å². The summed E-state index contributed by atoms with van der Waals surface area (Å²) in [4.78, 5) is 9.23. The second kappa shape index (κ2) is 7.24. The lowest BCUT2D eigenvalue weighted by Gasteiger charge is -2.26. The fourth-order valence-corrected chi connectivity index (χ4v) is 3.54. The zero-order chi connectivity index (χ0) is 20.6. The van der Waals surface area contributed by atoms with Crippen molar-refractivity contribution in [3.05, 3.63) is 89.1 Å². The number of nitrogens with zero attached hydrogens (tertiary/aromatic N) is 3. The molecule has 0 spiro atoms. The Balaban J connectivity index is 1.74. The molecule has 29 heavy (non-hydrogen) atoms. The molecule has 1 N–H and O–H groups in total. The van der Waals surface area contributed by atoms with Crippen LogP contribution in [0.15, 0.2) is 60.7 Å². The van der Waals surface area contributed by atoms with Crippen LogP contribution in [0.4, 0.5) is 4.39 Å². The highest BCUT2D eigenvalue weighted by molar-refractivity contribution is 5.68. The van der Waals surface area contributed by atoms with Crippen LogP contribution >= 0.6 is 0 Å². The topological polar surface area (TPSA) is 54.5 Å². The van der Waals surface area contributed by atoms with Gasteiger partial charge < -0.3 is 0 Å². The summed E-state index contributed by atoms with van der Waals surface area (Å²) in [5.41, 5.74) is 5.49. The van der Waals surface area contributed by atoms with Crippen LogP contribution in [0.25, 0.3) is 22.6 Å². The van der Waals surface area contributed by atoms with Gasteiger partial charge in [-0.2, -0.15) is 5.10 Å². The van der Waals surface area contributed by atoms with Gasteiger partial charge in [0.25, 0.3) is 0 Å². The van der Waals surface area contributed by atoms with E-state index < -0.39 is 0 Å². The molecule has 4 aromatic rings. The van der Waals surface area contributed by atoms with E-state index in [1.165, 1.54) is 6.07 Å². The molecule has 2 aromatic heterocycles. The second-order valence-corrected chi connectivity index (χ2v) is 7.82. The van der Waals surface area contributed by atoms with Gasteiger partial charge in [0.1, 0.15) is 17.3 Å². The molecule has 146 valence electrons. The Morgan fingerprint density at radius 3 is 2.41 bits per heavy atom. The molecule has 0 amide bonds. The van der Waals surface area contributed by atoms with Gasteiger partial charge in [-0.05, 0) is 60.4 Å². The first-order valence-corrected chi connectivity index (χ1v) is 9.58. The number of aryl methyl sites for hydroxylation is 2. The van der Waals surface area contributed by atoms with E-state index in [0.717, 1.165) is 39.5 Å². The van der Waals surface area contributed by atoms with Gasteiger partial charge in [0.2, 0.25) is 0 Å². The molecule has 0 aliphatic heterocycles. The summed E-state index contributed by atoms with van der Waals surface area (Å²) in [5.74, 6) is 1.13. The second-order valence-electron chi connectivity index (χ2n) is 7.82. The largest absolute Gasteiger partial charge is 0.263 e. The number of aromatic amines is 1. The fraction of sp³-hybridized carbons (Fsp3) is 0.208. The predicted octanol–water partition coefficient (Wildman–Crippen LogP) is 5.62. The summed E-state index contributed by atoms with van der Waals surface area (Å²) < 4.78 is 13.5. The number of hydrogen-bond donors (Lipinski definition) is 1. The summed E-state index contributed by atoms with van der Waals surface area (Å²) in [6.45, 7) is 8.10. The third kappa shape index (κ3) is 3.68. The third-order valence-electron chi connectivity index (χ3n) is 5.30. The average Bonchev–Trinajstić information content (AvgIpc) is 3.14. The molecule has 2 heterocycles. The minimum absolute atomic E-state index is 0.217. The lowest BCUT2D eigenvalue weighted by molar-refractivity contribution is 0.617. The zero-order valence-electron chi connectivity index (χ0n) is 17.0. The van der Waals surface area contributed by atoms with E-state index in [4.69, 9.17) is 4.98 Å². The molecule has 0 aliphatic rings. The summed E-state index contributed by atoms with van der Waals surface area (Å²) >= 11 is 0. The first-order chi connectivity index (χ1) is 13.8. The molecule has 5 heteroatoms. The van der Waals surface area contributed by atoms with Gasteiger partial charge in [-0.25, -0.2) is 14.4 Å². The Kier molecular flexibility index (Phi) is 4.74. The van der Waals surface area contributed by atoms with Crippen molar-refractivity contribution in [2.75, 3.05) is 0 Å². The minimum Gasteiger partial charge on any atom is -0.263 e. The van der Waals surface area contributed by atoms with Crippen molar-refractivity contribution >= 4 is 0 Å². The number of aromatic nitrogens is 4. The van der Waals surface area contributed by atoms with E-state index in [0.29, 0.717) is 5.82 Å². The van der Waals surface area contributed by atoms with E-state index in [1.807, 2.05) is 44.2 Å². The SMILES string of the molecule is Cc1nc(-c2cccc(C(C)(C)c3cccc(-c4ccc(F)cc4C)c3)n2)n[nH]1. The first-order valence-electron chi connectivity index (χ1n) is 9.58. The van der Waals surface area contributed by atoms with Crippen molar-refractivity contribution in [3.8, 4) is 22.6 Å². The maximum atomic E-state index is 13.5. The van der Waals surface area contributed by atoms with Gasteiger partial charge in [0.15, 0.2) is 5.82 Å². The highest BCUT2D eigenvalue weighted by Crippen LogP contribution is 2.34. The molecular formula is C24H23FN4. The van der Waals surface area contributed by atoms with Crippen molar-refractivity contribution in [1.82, 2.24) is 20.2 Å². The normalized spacial score (nSPS) is 11.6. The van der Waals surface area contributed by atoms with Crippen LogP contribution in [0.5, 0.6) is 0 Å². The van der Waals surface area contributed by atoms with Crippen molar-refractivity contribution in [1.29, 1.82) is 0 Å². The van der Waals surface area contributed by atoms with E-state index >= 15 is 0 Å². The van der Waals surface area contributed by atoms with Gasteiger partial charge in [-0.1, -0.05) is 50.2 Å². The van der Waals surface area contributed by atoms with E-state index in [2.05, 4.69) is 47.2 Å². The highest BCUT2D eigenvalue weighted by Gasteiger charge is 2.26. The van der Waals surface area contributed by atoms with E-state index in [1.54, 1.807) is 6.07 Å². The summed E-state index contributed by atoms with van der Waals surface area (Å²) in [6, 6.07) is 19.2. The molecule has 2 aromatic carbocycles. The number of halogens is 1. The number of pyridine rings is 1. The van der Waals surface area contributed by atoms with Crippen molar-refractivity contribution in [2.45, 2.75) is 33.1 Å².